The van der Waals surface area contributed by atoms with E-state index in [2.05, 4.69) is 31.2 Å². The van der Waals surface area contributed by atoms with Gasteiger partial charge in [0.2, 0.25) is 0 Å². The van der Waals surface area contributed by atoms with Gasteiger partial charge in [-0.1, -0.05) is 49.5 Å². The van der Waals surface area contributed by atoms with E-state index in [9.17, 15) is 0 Å². The molecule has 1 rings (SSSR count). The van der Waals surface area contributed by atoms with Crippen LogP contribution >= 0.6 is 0 Å². The van der Waals surface area contributed by atoms with Crippen molar-refractivity contribution in [3.63, 3.8) is 0 Å². The molecule has 0 saturated carbocycles. The van der Waals surface area contributed by atoms with E-state index in [1.54, 1.807) is 0 Å². The minimum Gasteiger partial charge on any atom is -0.0623 e. The van der Waals surface area contributed by atoms with Gasteiger partial charge in [0.15, 0.2) is 0 Å². The molecule has 0 N–H and O–H groups in total. The Kier molecular flexibility index (Phi) is 2.75. The first-order valence-electron chi connectivity index (χ1n) is 3.64. The average Bonchev–Trinajstić information content (AvgIpc) is 1.87. The summed E-state index contributed by atoms with van der Waals surface area (Å²) in [4.78, 5) is 0. The Bertz CT molecular complexity index is 202. The maximum Gasteiger partial charge on any atom is -0.0307 e. The fourth-order valence-corrected chi connectivity index (χ4v) is 0.842. The van der Waals surface area contributed by atoms with E-state index < -0.39 is 0 Å². The standard InChI is InChI=1S/C10H12/c1-2-10-8-6-4-3-5-7-9-10/h3-9H,2H2,1H3/b4-3-,5-3?,6-4?,7-5-,8-6?,9-7?,10-8?,10-9?. The third kappa shape index (κ3) is 2.06. The lowest BCUT2D eigenvalue weighted by Gasteiger charge is -1.93. The summed E-state index contributed by atoms with van der Waals surface area (Å²) in [6.45, 7) is 2.16. The van der Waals surface area contributed by atoms with E-state index in [-0.39, 0.29) is 0 Å². The molecule has 0 spiro atoms. The zero-order valence-corrected chi connectivity index (χ0v) is 6.25. The molecule has 10 heavy (non-hydrogen) atoms. The summed E-state index contributed by atoms with van der Waals surface area (Å²) in [6.07, 6.45) is 15.6. The molecular formula is C10H12. The number of hydrogen-bond donors (Lipinski definition) is 0. The van der Waals surface area contributed by atoms with Crippen molar-refractivity contribution < 1.29 is 0 Å². The number of rotatable bonds is 1. The van der Waals surface area contributed by atoms with Crippen LogP contribution in [0.25, 0.3) is 0 Å². The van der Waals surface area contributed by atoms with Crippen LogP contribution in [0, 0.1) is 0 Å². The van der Waals surface area contributed by atoms with Crippen LogP contribution in [0.3, 0.4) is 0 Å². The summed E-state index contributed by atoms with van der Waals surface area (Å²) in [5.41, 5.74) is 1.38. The van der Waals surface area contributed by atoms with Crippen LogP contribution in [0.1, 0.15) is 13.3 Å². The molecule has 0 amide bonds. The molecule has 0 aliphatic heterocycles. The summed E-state index contributed by atoms with van der Waals surface area (Å²) >= 11 is 0. The molecule has 1 aliphatic carbocycles. The van der Waals surface area contributed by atoms with E-state index in [0.717, 1.165) is 6.42 Å². The highest BCUT2D eigenvalue weighted by Crippen LogP contribution is 2.04. The molecule has 0 atom stereocenters. The first-order chi connectivity index (χ1) is 4.93. The van der Waals surface area contributed by atoms with Gasteiger partial charge in [-0.05, 0) is 12.0 Å². The van der Waals surface area contributed by atoms with Crippen molar-refractivity contribution in [3.8, 4) is 0 Å². The molecule has 0 unspecified atom stereocenters. The lowest BCUT2D eigenvalue weighted by Crippen LogP contribution is -1.73. The predicted molar refractivity (Wildman–Crippen MR) is 45.8 cm³/mol. The highest BCUT2D eigenvalue weighted by molar-refractivity contribution is 5.30. The lowest BCUT2D eigenvalue weighted by molar-refractivity contribution is 1.15. The minimum atomic E-state index is 1.11. The first-order valence-corrected chi connectivity index (χ1v) is 3.64. The summed E-state index contributed by atoms with van der Waals surface area (Å²) in [6, 6.07) is 0. The lowest BCUT2D eigenvalue weighted by atomic mass is 10.1. The van der Waals surface area contributed by atoms with Gasteiger partial charge in [-0.25, -0.2) is 0 Å². The molecule has 0 heteroatoms. The first kappa shape index (κ1) is 7.07. The number of allylic oxidation sites excluding steroid dienone is 8. The van der Waals surface area contributed by atoms with E-state index in [0.29, 0.717) is 0 Å². The van der Waals surface area contributed by atoms with Gasteiger partial charge >= 0.3 is 0 Å². The molecule has 0 aromatic heterocycles. The van der Waals surface area contributed by atoms with Crippen LogP contribution in [-0.2, 0) is 0 Å². The monoisotopic (exact) mass is 132 g/mol. The Morgan fingerprint density at radius 2 is 1.70 bits per heavy atom. The van der Waals surface area contributed by atoms with Gasteiger partial charge in [-0.3, -0.25) is 0 Å². The third-order valence-electron chi connectivity index (χ3n) is 1.47. The highest BCUT2D eigenvalue weighted by atomic mass is 13.9. The van der Waals surface area contributed by atoms with Crippen molar-refractivity contribution in [1.82, 2.24) is 0 Å². The Balaban J connectivity index is 2.73. The van der Waals surface area contributed by atoms with Crippen LogP contribution in [0.15, 0.2) is 48.1 Å². The normalized spacial score (nSPS) is 22.7. The Hall–Kier alpha value is -1.04. The fraction of sp³-hybridized carbons (Fsp3) is 0.200. The van der Waals surface area contributed by atoms with Crippen molar-refractivity contribution in [1.29, 1.82) is 0 Å². The van der Waals surface area contributed by atoms with Crippen molar-refractivity contribution in [2.24, 2.45) is 0 Å². The molecule has 1 aliphatic rings. The molecule has 0 aromatic rings. The van der Waals surface area contributed by atoms with Crippen molar-refractivity contribution in [2.45, 2.75) is 13.3 Å². The quantitative estimate of drug-likeness (QED) is 0.514. The second-order valence-electron chi connectivity index (χ2n) is 2.22. The van der Waals surface area contributed by atoms with Crippen molar-refractivity contribution in [2.75, 3.05) is 0 Å². The molecule has 0 fully saturated rings. The number of hydrogen-bond acceptors (Lipinski definition) is 0. The summed E-state index contributed by atoms with van der Waals surface area (Å²) in [7, 11) is 0. The second kappa shape index (κ2) is 3.89. The van der Waals surface area contributed by atoms with Crippen molar-refractivity contribution in [3.05, 3.63) is 48.1 Å². The molecule has 0 aromatic carbocycles. The van der Waals surface area contributed by atoms with E-state index in [1.165, 1.54) is 5.57 Å². The molecular weight excluding hydrogens is 120 g/mol. The highest BCUT2D eigenvalue weighted by Gasteiger charge is 1.83. The molecule has 0 nitrogen and oxygen atoms in total. The van der Waals surface area contributed by atoms with Gasteiger partial charge in [0.1, 0.15) is 0 Å². The smallest absolute Gasteiger partial charge is 0.0307 e. The second-order valence-corrected chi connectivity index (χ2v) is 2.22. The maximum absolute atomic E-state index is 2.16. The van der Waals surface area contributed by atoms with Gasteiger partial charge < -0.3 is 0 Å². The largest absolute Gasteiger partial charge is 0.0623 e. The molecule has 52 valence electrons. The van der Waals surface area contributed by atoms with E-state index in [4.69, 9.17) is 0 Å². The van der Waals surface area contributed by atoms with Crippen LogP contribution in [0.5, 0.6) is 0 Å². The van der Waals surface area contributed by atoms with Gasteiger partial charge in [-0.15, -0.1) is 0 Å². The molecule has 0 radical (unpaired) electrons. The maximum atomic E-state index is 2.16. The van der Waals surface area contributed by atoms with Crippen LogP contribution in [0.4, 0.5) is 0 Å². The zero-order valence-electron chi connectivity index (χ0n) is 6.25. The van der Waals surface area contributed by atoms with E-state index >= 15 is 0 Å². The zero-order chi connectivity index (χ0) is 7.23. The molecule has 0 heterocycles. The Morgan fingerprint density at radius 1 is 1.00 bits per heavy atom. The van der Waals surface area contributed by atoms with Crippen LogP contribution in [0.2, 0.25) is 0 Å². The topological polar surface area (TPSA) is 0 Å². The van der Waals surface area contributed by atoms with Crippen molar-refractivity contribution >= 4 is 0 Å². The van der Waals surface area contributed by atoms with Gasteiger partial charge in [0.25, 0.3) is 0 Å². The van der Waals surface area contributed by atoms with Gasteiger partial charge in [-0.2, -0.15) is 0 Å². The average molecular weight is 132 g/mol. The van der Waals surface area contributed by atoms with Crippen LogP contribution < -0.4 is 0 Å². The van der Waals surface area contributed by atoms with Gasteiger partial charge in [0.05, 0.1) is 0 Å². The molecule has 0 saturated heterocycles. The Labute approximate surface area is 62.3 Å². The third-order valence-corrected chi connectivity index (χ3v) is 1.47. The fourth-order valence-electron chi connectivity index (χ4n) is 0.842. The minimum absolute atomic E-state index is 1.11. The van der Waals surface area contributed by atoms with Gasteiger partial charge in [0, 0.05) is 0 Å². The summed E-state index contributed by atoms with van der Waals surface area (Å²) < 4.78 is 0. The summed E-state index contributed by atoms with van der Waals surface area (Å²) in [5, 5.41) is 0. The SMILES string of the molecule is CCC1=C/C=C\C=C/C=C1. The Morgan fingerprint density at radius 3 is 2.50 bits per heavy atom. The van der Waals surface area contributed by atoms with E-state index in [1.807, 2.05) is 18.2 Å². The van der Waals surface area contributed by atoms with Crippen LogP contribution in [-0.4, -0.2) is 0 Å². The predicted octanol–water partition coefficient (Wildman–Crippen LogP) is 3.01. The summed E-state index contributed by atoms with van der Waals surface area (Å²) in [5.74, 6) is 0. The molecule has 0 bridgehead atoms.